The second-order valence-corrected chi connectivity index (χ2v) is 3.84. The first kappa shape index (κ1) is 9.96. The summed E-state index contributed by atoms with van der Waals surface area (Å²) >= 11 is 0. The molecule has 0 saturated carbocycles. The molecule has 0 bridgehead atoms. The third-order valence-corrected chi connectivity index (χ3v) is 2.81. The number of aromatic nitrogens is 1. The van der Waals surface area contributed by atoms with Crippen LogP contribution in [0.25, 0.3) is 11.3 Å². The number of carbonyl (C=O) groups is 2. The molecule has 4 heteroatoms. The van der Waals surface area contributed by atoms with E-state index in [0.29, 0.717) is 29.2 Å². The molecule has 1 aromatic heterocycles. The van der Waals surface area contributed by atoms with Gasteiger partial charge in [-0.2, -0.15) is 0 Å². The largest absolute Gasteiger partial charge is 0.440 e. The van der Waals surface area contributed by atoms with Crippen LogP contribution < -0.4 is 0 Å². The molecule has 0 saturated heterocycles. The Balaban J connectivity index is 2.34. The Morgan fingerprint density at radius 1 is 1.12 bits per heavy atom. The molecule has 17 heavy (non-hydrogen) atoms. The summed E-state index contributed by atoms with van der Waals surface area (Å²) < 4.78 is 5.52. The lowest BCUT2D eigenvalue weighted by Gasteiger charge is -2.10. The van der Waals surface area contributed by atoms with Crippen LogP contribution in [0.4, 0.5) is 0 Å². The van der Waals surface area contributed by atoms with Gasteiger partial charge in [0, 0.05) is 17.5 Å². The molecule has 1 aromatic carbocycles. The van der Waals surface area contributed by atoms with E-state index in [1.807, 2.05) is 6.92 Å². The van der Waals surface area contributed by atoms with E-state index in [1.54, 1.807) is 24.3 Å². The Bertz CT molecular complexity index is 640. The van der Waals surface area contributed by atoms with Crippen molar-refractivity contribution in [2.75, 3.05) is 0 Å². The minimum Gasteiger partial charge on any atom is -0.440 e. The van der Waals surface area contributed by atoms with Crippen LogP contribution in [0.5, 0.6) is 0 Å². The zero-order valence-electron chi connectivity index (χ0n) is 9.19. The van der Waals surface area contributed by atoms with Gasteiger partial charge >= 0.3 is 0 Å². The Labute approximate surface area is 97.3 Å². The number of aryl methyl sites for hydroxylation is 1. The first-order valence-electron chi connectivity index (χ1n) is 5.40. The molecule has 0 spiro atoms. The Morgan fingerprint density at radius 2 is 1.82 bits per heavy atom. The summed E-state index contributed by atoms with van der Waals surface area (Å²) in [5, 5.41) is 0. The van der Waals surface area contributed by atoms with Crippen molar-refractivity contribution in [3.63, 3.8) is 0 Å². The molecule has 2 aromatic rings. The Morgan fingerprint density at radius 3 is 2.53 bits per heavy atom. The number of hydrogen-bond donors (Lipinski definition) is 0. The minimum atomic E-state index is -0.581. The van der Waals surface area contributed by atoms with Gasteiger partial charge in [-0.05, 0) is 0 Å². The van der Waals surface area contributed by atoms with Gasteiger partial charge in [0.25, 0.3) is 5.78 Å². The van der Waals surface area contributed by atoms with Crippen LogP contribution in [0.15, 0.2) is 28.7 Å². The maximum absolute atomic E-state index is 11.8. The molecular weight excluding hydrogens is 218 g/mol. The third-order valence-electron chi connectivity index (χ3n) is 2.81. The van der Waals surface area contributed by atoms with Gasteiger partial charge in [0.15, 0.2) is 17.3 Å². The van der Waals surface area contributed by atoms with Gasteiger partial charge in [0.05, 0.1) is 0 Å². The SMILES string of the molecule is CCc1nc2c(o1)-c1ccccc1C(=O)C2=O. The van der Waals surface area contributed by atoms with Gasteiger partial charge in [-0.25, -0.2) is 4.98 Å². The van der Waals surface area contributed by atoms with Crippen molar-refractivity contribution >= 4 is 11.6 Å². The number of fused-ring (bicyclic) bond motifs is 3. The number of Topliss-reactive ketones (excluding diaryl/α,β-unsaturated/α-hetero) is 2. The molecule has 0 aliphatic heterocycles. The Hall–Kier alpha value is -2.23. The van der Waals surface area contributed by atoms with Crippen molar-refractivity contribution < 1.29 is 14.0 Å². The molecule has 1 aliphatic rings. The second kappa shape index (κ2) is 3.38. The lowest BCUT2D eigenvalue weighted by molar-refractivity contribution is 0.0812. The third kappa shape index (κ3) is 1.27. The predicted octanol–water partition coefficient (Wildman–Crippen LogP) is 2.28. The summed E-state index contributed by atoms with van der Waals surface area (Å²) in [6.07, 6.45) is 0.594. The number of rotatable bonds is 1. The average Bonchev–Trinajstić information content (AvgIpc) is 2.80. The lowest BCUT2D eigenvalue weighted by atomic mass is 9.91. The molecule has 1 heterocycles. The van der Waals surface area contributed by atoms with Crippen molar-refractivity contribution in [1.29, 1.82) is 0 Å². The van der Waals surface area contributed by atoms with E-state index in [1.165, 1.54) is 0 Å². The maximum Gasteiger partial charge on any atom is 0.255 e. The van der Waals surface area contributed by atoms with Crippen LogP contribution in [0.1, 0.15) is 33.7 Å². The number of benzene rings is 1. The molecule has 0 amide bonds. The maximum atomic E-state index is 11.8. The van der Waals surface area contributed by atoms with Gasteiger partial charge in [0.1, 0.15) is 0 Å². The van der Waals surface area contributed by atoms with Crippen LogP contribution in [-0.2, 0) is 6.42 Å². The molecule has 0 radical (unpaired) electrons. The second-order valence-electron chi connectivity index (χ2n) is 3.84. The minimum absolute atomic E-state index is 0.144. The number of oxazole rings is 1. The number of carbonyl (C=O) groups excluding carboxylic acids is 2. The average molecular weight is 227 g/mol. The van der Waals surface area contributed by atoms with Gasteiger partial charge < -0.3 is 4.42 Å². The van der Waals surface area contributed by atoms with Gasteiger partial charge in [0.2, 0.25) is 5.78 Å². The summed E-state index contributed by atoms with van der Waals surface area (Å²) in [4.78, 5) is 27.7. The van der Waals surface area contributed by atoms with E-state index >= 15 is 0 Å². The smallest absolute Gasteiger partial charge is 0.255 e. The molecular formula is C13H9NO3. The quantitative estimate of drug-likeness (QED) is 0.701. The van der Waals surface area contributed by atoms with Crippen molar-refractivity contribution in [3.8, 4) is 11.3 Å². The van der Waals surface area contributed by atoms with Crippen molar-refractivity contribution in [1.82, 2.24) is 4.98 Å². The van der Waals surface area contributed by atoms with E-state index in [4.69, 9.17) is 4.42 Å². The highest BCUT2D eigenvalue weighted by molar-refractivity contribution is 6.52. The first-order valence-corrected chi connectivity index (χ1v) is 5.40. The summed E-state index contributed by atoms with van der Waals surface area (Å²) in [6.45, 7) is 1.88. The predicted molar refractivity (Wildman–Crippen MR) is 60.0 cm³/mol. The molecule has 4 nitrogen and oxygen atoms in total. The Kier molecular flexibility index (Phi) is 1.98. The van der Waals surface area contributed by atoms with Gasteiger partial charge in [-0.3, -0.25) is 9.59 Å². The van der Waals surface area contributed by atoms with Crippen LogP contribution in [0.3, 0.4) is 0 Å². The lowest BCUT2D eigenvalue weighted by Crippen LogP contribution is -2.20. The van der Waals surface area contributed by atoms with E-state index in [9.17, 15) is 9.59 Å². The highest BCUT2D eigenvalue weighted by atomic mass is 16.4. The number of hydrogen-bond acceptors (Lipinski definition) is 4. The zero-order valence-corrected chi connectivity index (χ0v) is 9.19. The number of ketones is 2. The molecule has 0 N–H and O–H groups in total. The van der Waals surface area contributed by atoms with Crippen LogP contribution in [0.2, 0.25) is 0 Å². The van der Waals surface area contributed by atoms with Crippen LogP contribution in [-0.4, -0.2) is 16.6 Å². The number of nitrogens with zero attached hydrogens (tertiary/aromatic N) is 1. The molecule has 0 atom stereocenters. The highest BCUT2D eigenvalue weighted by Crippen LogP contribution is 2.33. The fourth-order valence-corrected chi connectivity index (χ4v) is 1.96. The van der Waals surface area contributed by atoms with Crippen molar-refractivity contribution in [2.45, 2.75) is 13.3 Å². The monoisotopic (exact) mass is 227 g/mol. The summed E-state index contributed by atoms with van der Waals surface area (Å²) in [5.41, 5.74) is 1.19. The van der Waals surface area contributed by atoms with E-state index in [2.05, 4.69) is 4.98 Å². The van der Waals surface area contributed by atoms with Gasteiger partial charge in [-0.1, -0.05) is 31.2 Å². The molecule has 3 rings (SSSR count). The zero-order chi connectivity index (χ0) is 12.0. The molecule has 0 unspecified atom stereocenters. The highest BCUT2D eigenvalue weighted by Gasteiger charge is 2.34. The van der Waals surface area contributed by atoms with E-state index in [0.717, 1.165) is 0 Å². The molecule has 1 aliphatic carbocycles. The normalized spacial score (nSPS) is 13.5. The van der Waals surface area contributed by atoms with E-state index < -0.39 is 11.6 Å². The van der Waals surface area contributed by atoms with Crippen LogP contribution in [0, 0.1) is 0 Å². The summed E-state index contributed by atoms with van der Waals surface area (Å²) in [6, 6.07) is 6.93. The van der Waals surface area contributed by atoms with Crippen molar-refractivity contribution in [2.24, 2.45) is 0 Å². The topological polar surface area (TPSA) is 60.2 Å². The first-order chi connectivity index (χ1) is 8.22. The van der Waals surface area contributed by atoms with Crippen molar-refractivity contribution in [3.05, 3.63) is 41.4 Å². The fourth-order valence-electron chi connectivity index (χ4n) is 1.96. The summed E-state index contributed by atoms with van der Waals surface area (Å²) in [5.74, 6) is -0.193. The fraction of sp³-hybridized carbons (Fsp3) is 0.154. The molecule has 84 valence electrons. The van der Waals surface area contributed by atoms with Gasteiger partial charge in [-0.15, -0.1) is 0 Å². The van der Waals surface area contributed by atoms with E-state index in [-0.39, 0.29) is 5.69 Å². The van der Waals surface area contributed by atoms with Crippen LogP contribution >= 0.6 is 0 Å². The standard InChI is InChI=1S/C13H9NO3/c1-2-9-14-10-12(16)11(15)7-5-3-4-6-8(7)13(10)17-9/h3-6H,2H2,1H3. The summed E-state index contributed by atoms with van der Waals surface area (Å²) in [7, 11) is 0. The molecule has 0 fully saturated rings.